The summed E-state index contributed by atoms with van der Waals surface area (Å²) in [5, 5.41) is 13.3. The van der Waals surface area contributed by atoms with E-state index in [1.54, 1.807) is 38.2 Å². The van der Waals surface area contributed by atoms with Crippen LogP contribution >= 0.6 is 0 Å². The number of alkyl halides is 3. The van der Waals surface area contributed by atoms with Crippen molar-refractivity contribution in [3.8, 4) is 44.9 Å². The molecule has 7 aromatic heterocycles. The lowest BCUT2D eigenvalue weighted by Gasteiger charge is -2.13. The standard InChI is InChI=1S/C34H25F5N14/c1-15-8-18(9-16(2)44-15)26-28(21-5-4-20(35)12-22(21)36)47-33(41)53-31(26)46-25(50-53)13-51-7-6-23(49-51)29-27(30-42-14-43-52(30)32(40)48-29)19-10-17(3)45-24(11-19)34(37,38)39/h4-12,14H,13H2,1-3H3,(H2,40,48)(H2,41,47). The Kier molecular flexibility index (Phi) is 7.59. The topological polar surface area (TPSA) is 182 Å². The van der Waals surface area contributed by atoms with Crippen molar-refractivity contribution in [2.24, 2.45) is 0 Å². The van der Waals surface area contributed by atoms with Crippen LogP contribution in [-0.4, -0.2) is 58.9 Å². The van der Waals surface area contributed by atoms with E-state index in [1.165, 1.54) is 39.1 Å². The van der Waals surface area contributed by atoms with Crippen LogP contribution in [0.1, 0.15) is 28.6 Å². The van der Waals surface area contributed by atoms with Crippen molar-refractivity contribution in [3.63, 3.8) is 0 Å². The number of hydrogen-bond acceptors (Lipinski definition) is 11. The van der Waals surface area contributed by atoms with Crippen LogP contribution in [-0.2, 0) is 12.7 Å². The molecule has 0 atom stereocenters. The molecule has 0 aliphatic carbocycles. The van der Waals surface area contributed by atoms with Crippen LogP contribution in [0.25, 0.3) is 56.2 Å². The predicted octanol–water partition coefficient (Wildman–Crippen LogP) is 5.65. The van der Waals surface area contributed by atoms with Gasteiger partial charge in [0.2, 0.25) is 11.9 Å². The second-order valence-corrected chi connectivity index (χ2v) is 12.2. The molecule has 19 heteroatoms. The van der Waals surface area contributed by atoms with Gasteiger partial charge in [-0.15, -0.1) is 5.10 Å². The van der Waals surface area contributed by atoms with E-state index < -0.39 is 23.5 Å². The lowest BCUT2D eigenvalue weighted by molar-refractivity contribution is -0.141. The van der Waals surface area contributed by atoms with E-state index in [0.29, 0.717) is 22.5 Å². The van der Waals surface area contributed by atoms with E-state index in [9.17, 15) is 17.6 Å². The number of nitrogen functional groups attached to an aromatic ring is 2. The number of pyridine rings is 2. The molecule has 0 aliphatic heterocycles. The Bertz CT molecular complexity index is 2730. The van der Waals surface area contributed by atoms with Crippen molar-refractivity contribution in [1.29, 1.82) is 0 Å². The summed E-state index contributed by atoms with van der Waals surface area (Å²) in [6.45, 7) is 5.05. The summed E-state index contributed by atoms with van der Waals surface area (Å²) < 4.78 is 74.6. The van der Waals surface area contributed by atoms with E-state index in [2.05, 4.69) is 40.2 Å². The van der Waals surface area contributed by atoms with Crippen molar-refractivity contribution in [1.82, 2.24) is 58.9 Å². The molecular weight excluding hydrogens is 699 g/mol. The second kappa shape index (κ2) is 12.1. The molecule has 7 heterocycles. The fourth-order valence-corrected chi connectivity index (χ4v) is 6.22. The molecule has 14 nitrogen and oxygen atoms in total. The summed E-state index contributed by atoms with van der Waals surface area (Å²) >= 11 is 0. The fraction of sp³-hybridized carbons (Fsp3) is 0.147. The molecule has 0 spiro atoms. The highest BCUT2D eigenvalue weighted by atomic mass is 19.4. The normalized spacial score (nSPS) is 12.0. The Morgan fingerprint density at radius 3 is 2.08 bits per heavy atom. The van der Waals surface area contributed by atoms with E-state index in [1.807, 2.05) is 0 Å². The Labute approximate surface area is 295 Å². The number of fused-ring (bicyclic) bond motifs is 2. The third-order valence-corrected chi connectivity index (χ3v) is 8.28. The number of aryl methyl sites for hydroxylation is 3. The van der Waals surface area contributed by atoms with Crippen LogP contribution < -0.4 is 11.5 Å². The molecule has 0 bridgehead atoms. The predicted molar refractivity (Wildman–Crippen MR) is 182 cm³/mol. The molecule has 8 rings (SSSR count). The maximum atomic E-state index is 15.2. The van der Waals surface area contributed by atoms with Gasteiger partial charge >= 0.3 is 6.18 Å². The van der Waals surface area contributed by atoms with Crippen LogP contribution in [0, 0.1) is 32.4 Å². The van der Waals surface area contributed by atoms with Crippen LogP contribution in [0.4, 0.5) is 33.8 Å². The highest BCUT2D eigenvalue weighted by Crippen LogP contribution is 2.39. The number of rotatable bonds is 6. The molecule has 0 saturated carbocycles. The maximum Gasteiger partial charge on any atom is 0.433 e. The molecule has 0 saturated heterocycles. The van der Waals surface area contributed by atoms with Crippen LogP contribution in [0.3, 0.4) is 0 Å². The van der Waals surface area contributed by atoms with Gasteiger partial charge in [0.1, 0.15) is 41.6 Å². The number of nitrogens with zero attached hydrogens (tertiary/aromatic N) is 12. The van der Waals surface area contributed by atoms with Gasteiger partial charge in [0.25, 0.3) is 0 Å². The van der Waals surface area contributed by atoms with Crippen molar-refractivity contribution < 1.29 is 22.0 Å². The van der Waals surface area contributed by atoms with Gasteiger partial charge in [0, 0.05) is 34.9 Å². The summed E-state index contributed by atoms with van der Waals surface area (Å²) in [6, 6.07) is 10.7. The zero-order chi connectivity index (χ0) is 37.3. The smallest absolute Gasteiger partial charge is 0.368 e. The average molecular weight is 725 g/mol. The molecule has 53 heavy (non-hydrogen) atoms. The van der Waals surface area contributed by atoms with Gasteiger partial charge in [-0.3, -0.25) is 9.67 Å². The molecule has 0 radical (unpaired) electrons. The molecule has 0 aliphatic rings. The first-order valence-electron chi connectivity index (χ1n) is 15.8. The number of aromatic nitrogens is 12. The van der Waals surface area contributed by atoms with Gasteiger partial charge in [-0.25, -0.2) is 33.7 Å². The first-order valence-corrected chi connectivity index (χ1v) is 15.8. The van der Waals surface area contributed by atoms with Crippen molar-refractivity contribution >= 4 is 23.2 Å². The molecule has 4 N–H and O–H groups in total. The first-order chi connectivity index (χ1) is 25.2. The third-order valence-electron chi connectivity index (χ3n) is 8.28. The zero-order valence-corrected chi connectivity index (χ0v) is 27.9. The molecule has 1 aromatic carbocycles. The Balaban J connectivity index is 1.25. The minimum Gasteiger partial charge on any atom is -0.368 e. The largest absolute Gasteiger partial charge is 0.433 e. The number of halogens is 5. The van der Waals surface area contributed by atoms with Crippen LogP contribution in [0.2, 0.25) is 0 Å². The highest BCUT2D eigenvalue weighted by molar-refractivity contribution is 5.91. The number of benzene rings is 1. The molecule has 0 unspecified atom stereocenters. The Morgan fingerprint density at radius 2 is 1.36 bits per heavy atom. The SMILES string of the molecule is Cc1cc(-c2c(-c3ccc(F)cc3F)nc(N)n3nc(Cn4ccc(-c5nc(N)n6ncnc6c5-c5cc(C)nc(C(F)(F)F)c5)n4)nc23)cc(C)n1. The van der Waals surface area contributed by atoms with Crippen LogP contribution in [0.5, 0.6) is 0 Å². The number of nitrogens with two attached hydrogens (primary N) is 2. The Morgan fingerprint density at radius 1 is 0.698 bits per heavy atom. The van der Waals surface area contributed by atoms with Gasteiger partial charge in [-0.1, -0.05) is 0 Å². The highest BCUT2D eigenvalue weighted by Gasteiger charge is 2.34. The van der Waals surface area contributed by atoms with Gasteiger partial charge in [0.05, 0.1) is 16.8 Å². The van der Waals surface area contributed by atoms with E-state index in [0.717, 1.165) is 18.2 Å². The minimum atomic E-state index is -4.71. The summed E-state index contributed by atoms with van der Waals surface area (Å²) in [7, 11) is 0. The van der Waals surface area contributed by atoms with E-state index in [4.69, 9.17) is 16.5 Å². The fourth-order valence-electron chi connectivity index (χ4n) is 6.22. The first kappa shape index (κ1) is 33.2. The van der Waals surface area contributed by atoms with Gasteiger partial charge in [0.15, 0.2) is 17.1 Å². The molecule has 8 aromatic rings. The van der Waals surface area contributed by atoms with Gasteiger partial charge in [-0.2, -0.15) is 32.4 Å². The summed E-state index contributed by atoms with van der Waals surface area (Å²) in [5.74, 6) is -1.55. The number of anilines is 2. The Hall–Kier alpha value is -6.92. The van der Waals surface area contributed by atoms with Gasteiger partial charge in [-0.05, 0) is 74.4 Å². The van der Waals surface area contributed by atoms with Crippen LogP contribution in [0.15, 0.2) is 61.1 Å². The van der Waals surface area contributed by atoms with E-state index >= 15 is 4.39 Å². The average Bonchev–Trinajstić information content (AvgIpc) is 3.84. The third kappa shape index (κ3) is 5.90. The molecule has 266 valence electrons. The summed E-state index contributed by atoms with van der Waals surface area (Å²) in [6.07, 6.45) is -1.89. The summed E-state index contributed by atoms with van der Waals surface area (Å²) in [4.78, 5) is 26.1. The lowest BCUT2D eigenvalue weighted by Crippen LogP contribution is -2.10. The molecular formula is C34H25F5N14. The zero-order valence-electron chi connectivity index (χ0n) is 27.9. The lowest BCUT2D eigenvalue weighted by atomic mass is 9.99. The quantitative estimate of drug-likeness (QED) is 0.202. The second-order valence-electron chi connectivity index (χ2n) is 12.2. The number of hydrogen-bond donors (Lipinski definition) is 2. The monoisotopic (exact) mass is 724 g/mol. The maximum absolute atomic E-state index is 15.2. The molecule has 0 amide bonds. The van der Waals surface area contributed by atoms with Gasteiger partial charge < -0.3 is 11.5 Å². The minimum absolute atomic E-state index is 0.00273. The van der Waals surface area contributed by atoms with Crippen molar-refractivity contribution in [2.45, 2.75) is 33.5 Å². The van der Waals surface area contributed by atoms with Crippen molar-refractivity contribution in [3.05, 3.63) is 101 Å². The van der Waals surface area contributed by atoms with E-state index in [-0.39, 0.29) is 75.0 Å². The summed E-state index contributed by atoms with van der Waals surface area (Å²) in [5.41, 5.74) is 15.2. The van der Waals surface area contributed by atoms with Crippen molar-refractivity contribution in [2.75, 3.05) is 11.5 Å². The molecule has 0 fully saturated rings.